The zero-order chi connectivity index (χ0) is 14.3. The van der Waals surface area contributed by atoms with E-state index in [1.54, 1.807) is 25.1 Å². The van der Waals surface area contributed by atoms with Crippen LogP contribution < -0.4 is 5.32 Å². The average Bonchev–Trinajstić information content (AvgIpc) is 2.80. The predicted octanol–water partition coefficient (Wildman–Crippen LogP) is 1.23. The summed E-state index contributed by atoms with van der Waals surface area (Å²) in [5, 5.41) is 11.8. The highest BCUT2D eigenvalue weighted by atomic mass is 32.2. The molecule has 6 nitrogen and oxygen atoms in total. The van der Waals surface area contributed by atoms with Crippen LogP contribution in [0.3, 0.4) is 0 Å². The largest absolute Gasteiger partial charge is 0.465 e. The summed E-state index contributed by atoms with van der Waals surface area (Å²) in [5.41, 5.74) is -0.615. The Labute approximate surface area is 118 Å². The van der Waals surface area contributed by atoms with Crippen LogP contribution in [-0.4, -0.2) is 45.7 Å². The molecule has 0 aliphatic carbocycles. The van der Waals surface area contributed by atoms with E-state index in [2.05, 4.69) is 15.5 Å². The highest BCUT2D eigenvalue weighted by Gasteiger charge is 2.32. The first-order valence-corrected chi connectivity index (χ1v) is 7.35. The van der Waals surface area contributed by atoms with E-state index < -0.39 is 5.54 Å². The van der Waals surface area contributed by atoms with Gasteiger partial charge in [-0.3, -0.25) is 4.79 Å². The highest BCUT2D eigenvalue weighted by Crippen LogP contribution is 2.20. The minimum absolute atomic E-state index is 0.193. The smallest absolute Gasteiger partial charge is 0.326 e. The number of thioether (sulfide) groups is 1. The predicted molar refractivity (Wildman–Crippen MR) is 75.1 cm³/mol. The van der Waals surface area contributed by atoms with Crippen LogP contribution in [0.25, 0.3) is 0 Å². The van der Waals surface area contributed by atoms with Gasteiger partial charge in [0.2, 0.25) is 0 Å². The second-order valence-corrected chi connectivity index (χ2v) is 5.54. The lowest BCUT2D eigenvalue weighted by Gasteiger charge is -2.26. The lowest BCUT2D eigenvalue weighted by Crippen LogP contribution is -2.48. The number of likely N-dealkylation sites (N-methyl/N-ethyl adjacent to an activating group) is 1. The third-order valence-corrected chi connectivity index (χ3v) is 4.12. The summed E-state index contributed by atoms with van der Waals surface area (Å²) in [6.45, 7) is 4.10. The summed E-state index contributed by atoms with van der Waals surface area (Å²) in [6, 6.07) is 0. The van der Waals surface area contributed by atoms with Gasteiger partial charge in [0.05, 0.1) is 6.61 Å². The summed E-state index contributed by atoms with van der Waals surface area (Å²) in [5.74, 6) is 0.699. The van der Waals surface area contributed by atoms with Gasteiger partial charge in [-0.2, -0.15) is 0 Å². The minimum Gasteiger partial charge on any atom is -0.465 e. The zero-order valence-corrected chi connectivity index (χ0v) is 12.8. The van der Waals surface area contributed by atoms with Crippen molar-refractivity contribution in [2.75, 3.05) is 19.4 Å². The molecule has 7 heteroatoms. The molecule has 0 spiro atoms. The monoisotopic (exact) mass is 286 g/mol. The molecule has 1 N–H and O–H groups in total. The van der Waals surface area contributed by atoms with Crippen LogP contribution in [0.4, 0.5) is 0 Å². The summed E-state index contributed by atoms with van der Waals surface area (Å²) in [6.07, 6.45) is 3.31. The number of ether oxygens (including phenoxy) is 1. The van der Waals surface area contributed by atoms with E-state index >= 15 is 0 Å². The van der Waals surface area contributed by atoms with Gasteiger partial charge in [0.25, 0.3) is 0 Å². The van der Waals surface area contributed by atoms with Gasteiger partial charge in [-0.25, -0.2) is 0 Å². The van der Waals surface area contributed by atoms with Crippen LogP contribution in [0.2, 0.25) is 0 Å². The Morgan fingerprint density at radius 3 is 2.89 bits per heavy atom. The highest BCUT2D eigenvalue weighted by molar-refractivity contribution is 7.99. The molecule has 19 heavy (non-hydrogen) atoms. The standard InChI is InChI=1S/C12H22N4O2S/c1-5-18-10(17)12(2,13-3)7-6-8-19-11-15-14-9-16(11)4/h9,13H,5-8H2,1-4H3. The molecule has 0 fully saturated rings. The Kier molecular flexibility index (Phi) is 6.30. The maximum Gasteiger partial charge on any atom is 0.326 e. The molecule has 1 unspecified atom stereocenters. The van der Waals surface area contributed by atoms with E-state index in [1.165, 1.54) is 0 Å². The number of esters is 1. The van der Waals surface area contributed by atoms with Crippen molar-refractivity contribution >= 4 is 17.7 Å². The molecular weight excluding hydrogens is 264 g/mol. The topological polar surface area (TPSA) is 69.0 Å². The van der Waals surface area contributed by atoms with E-state index in [4.69, 9.17) is 4.74 Å². The second kappa shape index (κ2) is 7.49. The van der Waals surface area contributed by atoms with Gasteiger partial charge in [0.1, 0.15) is 11.9 Å². The van der Waals surface area contributed by atoms with Crippen LogP contribution in [0.1, 0.15) is 26.7 Å². The van der Waals surface area contributed by atoms with Crippen LogP contribution >= 0.6 is 11.8 Å². The van der Waals surface area contributed by atoms with E-state index in [0.29, 0.717) is 6.61 Å². The average molecular weight is 286 g/mol. The van der Waals surface area contributed by atoms with Crippen LogP contribution in [0.5, 0.6) is 0 Å². The number of rotatable bonds is 8. The van der Waals surface area contributed by atoms with Crippen molar-refractivity contribution in [3.63, 3.8) is 0 Å². The summed E-state index contributed by atoms with van der Waals surface area (Å²) < 4.78 is 6.97. The molecular formula is C12H22N4O2S. The Bertz CT molecular complexity index is 410. The molecule has 1 heterocycles. The van der Waals surface area contributed by atoms with Crippen molar-refractivity contribution in [3.05, 3.63) is 6.33 Å². The van der Waals surface area contributed by atoms with Gasteiger partial charge >= 0.3 is 5.97 Å². The van der Waals surface area contributed by atoms with Crippen molar-refractivity contribution in [2.24, 2.45) is 7.05 Å². The molecule has 0 radical (unpaired) electrons. The van der Waals surface area contributed by atoms with Gasteiger partial charge < -0.3 is 14.6 Å². The van der Waals surface area contributed by atoms with Gasteiger partial charge in [-0.05, 0) is 33.7 Å². The van der Waals surface area contributed by atoms with E-state index in [1.807, 2.05) is 25.5 Å². The Morgan fingerprint density at radius 2 is 2.37 bits per heavy atom. The molecule has 1 atom stereocenters. The molecule has 0 saturated carbocycles. The summed E-state index contributed by atoms with van der Waals surface area (Å²) >= 11 is 1.64. The normalized spacial score (nSPS) is 14.1. The zero-order valence-electron chi connectivity index (χ0n) is 12.0. The number of hydrogen-bond donors (Lipinski definition) is 1. The number of nitrogens with one attached hydrogen (secondary N) is 1. The quantitative estimate of drug-likeness (QED) is 0.440. The van der Waals surface area contributed by atoms with Crippen molar-refractivity contribution in [2.45, 2.75) is 37.4 Å². The van der Waals surface area contributed by atoms with E-state index in [0.717, 1.165) is 23.8 Å². The first-order valence-electron chi connectivity index (χ1n) is 6.36. The number of aromatic nitrogens is 3. The fourth-order valence-corrected chi connectivity index (χ4v) is 2.44. The maximum atomic E-state index is 11.9. The number of hydrogen-bond acceptors (Lipinski definition) is 6. The van der Waals surface area contributed by atoms with Crippen molar-refractivity contribution in [3.8, 4) is 0 Å². The molecule has 0 bridgehead atoms. The van der Waals surface area contributed by atoms with Crippen LogP contribution in [0.15, 0.2) is 11.5 Å². The maximum absolute atomic E-state index is 11.9. The SMILES string of the molecule is CCOC(=O)C(C)(CCCSc1nncn1C)NC. The molecule has 108 valence electrons. The van der Waals surface area contributed by atoms with Crippen molar-refractivity contribution < 1.29 is 9.53 Å². The Hall–Kier alpha value is -1.08. The third kappa shape index (κ3) is 4.50. The lowest BCUT2D eigenvalue weighted by molar-refractivity contribution is -0.150. The fourth-order valence-electron chi connectivity index (χ4n) is 1.61. The summed E-state index contributed by atoms with van der Waals surface area (Å²) in [4.78, 5) is 11.9. The van der Waals surface area contributed by atoms with Gasteiger partial charge in [-0.15, -0.1) is 10.2 Å². The first-order chi connectivity index (χ1) is 9.03. The first kappa shape index (κ1) is 16.0. The molecule has 1 aromatic rings. The van der Waals surface area contributed by atoms with Crippen molar-refractivity contribution in [1.82, 2.24) is 20.1 Å². The van der Waals surface area contributed by atoms with Crippen LogP contribution in [0, 0.1) is 0 Å². The van der Waals surface area contributed by atoms with Gasteiger partial charge in [-0.1, -0.05) is 11.8 Å². The molecule has 0 saturated heterocycles. The number of nitrogens with zero attached hydrogens (tertiary/aromatic N) is 3. The van der Waals surface area contributed by atoms with Gasteiger partial charge in [0, 0.05) is 12.8 Å². The molecule has 1 aromatic heterocycles. The minimum atomic E-state index is -0.615. The van der Waals surface area contributed by atoms with Crippen LogP contribution in [-0.2, 0) is 16.6 Å². The van der Waals surface area contributed by atoms with Crippen molar-refractivity contribution in [1.29, 1.82) is 0 Å². The number of aryl methyl sites for hydroxylation is 1. The number of carbonyl (C=O) groups is 1. The Morgan fingerprint density at radius 1 is 1.63 bits per heavy atom. The second-order valence-electron chi connectivity index (χ2n) is 4.48. The lowest BCUT2D eigenvalue weighted by atomic mass is 9.97. The fraction of sp³-hybridized carbons (Fsp3) is 0.750. The molecule has 0 aliphatic rings. The molecule has 0 aliphatic heterocycles. The summed E-state index contributed by atoms with van der Waals surface area (Å²) in [7, 11) is 3.70. The van der Waals surface area contributed by atoms with E-state index in [-0.39, 0.29) is 5.97 Å². The van der Waals surface area contributed by atoms with E-state index in [9.17, 15) is 4.79 Å². The molecule has 0 aromatic carbocycles. The third-order valence-electron chi connectivity index (χ3n) is 3.00. The molecule has 1 rings (SSSR count). The van der Waals surface area contributed by atoms with Gasteiger partial charge in [0.15, 0.2) is 5.16 Å². The Balaban J connectivity index is 2.37. The molecule has 0 amide bonds. The number of carbonyl (C=O) groups excluding carboxylic acids is 1.